The van der Waals surface area contributed by atoms with E-state index < -0.39 is 0 Å². The topological polar surface area (TPSA) is 44.4 Å². The Bertz CT molecular complexity index is 243. The Morgan fingerprint density at radius 3 is 2.65 bits per heavy atom. The van der Waals surface area contributed by atoms with E-state index in [1.807, 2.05) is 0 Å². The van der Waals surface area contributed by atoms with Gasteiger partial charge in [0.25, 0.3) is 0 Å². The first-order valence-corrected chi connectivity index (χ1v) is 7.05. The smallest absolute Gasteiger partial charge is 0.237 e. The van der Waals surface area contributed by atoms with E-state index in [9.17, 15) is 4.79 Å². The van der Waals surface area contributed by atoms with Gasteiger partial charge in [0.1, 0.15) is 0 Å². The van der Waals surface area contributed by atoms with Crippen LogP contribution in [-0.4, -0.2) is 49.1 Å². The van der Waals surface area contributed by atoms with Crippen molar-refractivity contribution in [1.82, 2.24) is 15.5 Å². The summed E-state index contributed by atoms with van der Waals surface area (Å²) in [5.41, 5.74) is 0. The molecular formula is C13H25N3O. The van der Waals surface area contributed by atoms with Crippen molar-refractivity contribution in [2.75, 3.05) is 26.2 Å². The summed E-state index contributed by atoms with van der Waals surface area (Å²) in [6.45, 7) is 6.57. The molecule has 4 heteroatoms. The molecule has 2 N–H and O–H groups in total. The van der Waals surface area contributed by atoms with Crippen LogP contribution in [-0.2, 0) is 4.79 Å². The highest BCUT2D eigenvalue weighted by Crippen LogP contribution is 2.12. The van der Waals surface area contributed by atoms with Crippen LogP contribution in [0.1, 0.15) is 39.0 Å². The Balaban J connectivity index is 1.71. The predicted molar refractivity (Wildman–Crippen MR) is 68.9 cm³/mol. The van der Waals surface area contributed by atoms with Crippen LogP contribution in [0, 0.1) is 0 Å². The highest BCUT2D eigenvalue weighted by atomic mass is 16.2. The lowest BCUT2D eigenvalue weighted by Gasteiger charge is -2.33. The molecule has 2 heterocycles. The lowest BCUT2D eigenvalue weighted by molar-refractivity contribution is -0.124. The first-order chi connectivity index (χ1) is 8.29. The number of amides is 1. The molecule has 4 nitrogen and oxygen atoms in total. The monoisotopic (exact) mass is 239 g/mol. The Hall–Kier alpha value is -0.610. The SMILES string of the molecule is CCN1CCC(NC(=O)[C@H]2CCCCN2)CC1. The van der Waals surface area contributed by atoms with Gasteiger partial charge in [-0.1, -0.05) is 13.3 Å². The lowest BCUT2D eigenvalue weighted by atomic mass is 10.0. The number of rotatable bonds is 3. The van der Waals surface area contributed by atoms with Gasteiger partial charge < -0.3 is 15.5 Å². The van der Waals surface area contributed by atoms with Crippen LogP contribution in [0.4, 0.5) is 0 Å². The van der Waals surface area contributed by atoms with E-state index in [0.717, 1.165) is 45.4 Å². The molecule has 98 valence electrons. The quantitative estimate of drug-likeness (QED) is 0.763. The maximum Gasteiger partial charge on any atom is 0.237 e. The molecule has 0 bridgehead atoms. The van der Waals surface area contributed by atoms with E-state index in [1.54, 1.807) is 0 Å². The third-order valence-electron chi connectivity index (χ3n) is 4.01. The van der Waals surface area contributed by atoms with Gasteiger partial charge in [-0.05, 0) is 38.8 Å². The van der Waals surface area contributed by atoms with Crippen molar-refractivity contribution in [3.63, 3.8) is 0 Å². The number of nitrogens with zero attached hydrogens (tertiary/aromatic N) is 1. The van der Waals surface area contributed by atoms with Gasteiger partial charge in [-0.15, -0.1) is 0 Å². The molecule has 0 aromatic rings. The minimum absolute atomic E-state index is 0.0629. The molecule has 0 radical (unpaired) electrons. The molecular weight excluding hydrogens is 214 g/mol. The van der Waals surface area contributed by atoms with Crippen molar-refractivity contribution in [1.29, 1.82) is 0 Å². The van der Waals surface area contributed by atoms with E-state index in [2.05, 4.69) is 22.5 Å². The van der Waals surface area contributed by atoms with Gasteiger partial charge >= 0.3 is 0 Å². The van der Waals surface area contributed by atoms with Crippen LogP contribution in [0.25, 0.3) is 0 Å². The summed E-state index contributed by atoms with van der Waals surface area (Å²) in [5, 5.41) is 6.51. The van der Waals surface area contributed by atoms with Crippen LogP contribution >= 0.6 is 0 Å². The van der Waals surface area contributed by atoms with Crippen molar-refractivity contribution in [3.05, 3.63) is 0 Å². The normalized spacial score (nSPS) is 27.9. The third-order valence-corrected chi connectivity index (χ3v) is 4.01. The summed E-state index contributed by atoms with van der Waals surface area (Å²) in [6.07, 6.45) is 5.59. The summed E-state index contributed by atoms with van der Waals surface area (Å²) in [4.78, 5) is 14.5. The number of likely N-dealkylation sites (tertiary alicyclic amines) is 1. The molecule has 0 aliphatic carbocycles. The Labute approximate surface area is 104 Å². The van der Waals surface area contributed by atoms with Gasteiger partial charge in [-0.3, -0.25) is 4.79 Å². The fourth-order valence-electron chi connectivity index (χ4n) is 2.77. The largest absolute Gasteiger partial charge is 0.352 e. The average molecular weight is 239 g/mol. The van der Waals surface area contributed by atoms with Crippen LogP contribution in [0.2, 0.25) is 0 Å². The number of carbonyl (C=O) groups is 1. The molecule has 2 fully saturated rings. The molecule has 2 aliphatic heterocycles. The molecule has 0 aromatic carbocycles. The fourth-order valence-corrected chi connectivity index (χ4v) is 2.77. The van der Waals surface area contributed by atoms with Crippen LogP contribution in [0.5, 0.6) is 0 Å². The van der Waals surface area contributed by atoms with Crippen molar-refractivity contribution < 1.29 is 4.79 Å². The van der Waals surface area contributed by atoms with Gasteiger partial charge in [0, 0.05) is 19.1 Å². The Kier molecular flexibility index (Phi) is 4.80. The lowest BCUT2D eigenvalue weighted by Crippen LogP contribution is -2.52. The molecule has 2 saturated heterocycles. The zero-order valence-corrected chi connectivity index (χ0v) is 10.9. The number of hydrogen-bond donors (Lipinski definition) is 2. The maximum absolute atomic E-state index is 12.0. The average Bonchev–Trinajstić information content (AvgIpc) is 2.40. The van der Waals surface area contributed by atoms with Crippen molar-refractivity contribution in [2.24, 2.45) is 0 Å². The molecule has 1 amide bonds. The maximum atomic E-state index is 12.0. The molecule has 1 atom stereocenters. The summed E-state index contributed by atoms with van der Waals surface area (Å²) in [6, 6.07) is 0.460. The first kappa shape index (κ1) is 12.8. The fraction of sp³-hybridized carbons (Fsp3) is 0.923. The number of hydrogen-bond acceptors (Lipinski definition) is 3. The zero-order valence-electron chi connectivity index (χ0n) is 10.9. The van der Waals surface area contributed by atoms with Crippen LogP contribution in [0.15, 0.2) is 0 Å². The molecule has 0 aromatic heterocycles. The van der Waals surface area contributed by atoms with Gasteiger partial charge in [-0.2, -0.15) is 0 Å². The molecule has 2 rings (SSSR count). The number of carbonyl (C=O) groups excluding carboxylic acids is 1. The second-order valence-electron chi connectivity index (χ2n) is 5.22. The minimum atomic E-state index is 0.0629. The van der Waals surface area contributed by atoms with E-state index >= 15 is 0 Å². The van der Waals surface area contributed by atoms with Gasteiger partial charge in [0.05, 0.1) is 6.04 Å². The highest BCUT2D eigenvalue weighted by molar-refractivity contribution is 5.82. The van der Waals surface area contributed by atoms with Gasteiger partial charge in [0.15, 0.2) is 0 Å². The molecule has 2 aliphatic rings. The second kappa shape index (κ2) is 6.36. The van der Waals surface area contributed by atoms with Gasteiger partial charge in [0.2, 0.25) is 5.91 Å². The Morgan fingerprint density at radius 2 is 2.06 bits per heavy atom. The summed E-state index contributed by atoms with van der Waals surface area (Å²) in [7, 11) is 0. The van der Waals surface area contributed by atoms with Crippen LogP contribution in [0.3, 0.4) is 0 Å². The van der Waals surface area contributed by atoms with Crippen molar-refractivity contribution in [3.8, 4) is 0 Å². The molecule has 17 heavy (non-hydrogen) atoms. The highest BCUT2D eigenvalue weighted by Gasteiger charge is 2.24. The molecule has 0 spiro atoms. The number of piperidine rings is 2. The summed E-state index contributed by atoms with van der Waals surface area (Å²) < 4.78 is 0. The molecule has 0 saturated carbocycles. The van der Waals surface area contributed by atoms with Crippen molar-refractivity contribution >= 4 is 5.91 Å². The number of nitrogens with one attached hydrogen (secondary N) is 2. The summed E-state index contributed by atoms with van der Waals surface area (Å²) in [5.74, 6) is 0.222. The van der Waals surface area contributed by atoms with E-state index in [-0.39, 0.29) is 11.9 Å². The van der Waals surface area contributed by atoms with E-state index in [4.69, 9.17) is 0 Å². The van der Waals surface area contributed by atoms with Crippen molar-refractivity contribution in [2.45, 2.75) is 51.1 Å². The first-order valence-electron chi connectivity index (χ1n) is 7.05. The second-order valence-corrected chi connectivity index (χ2v) is 5.22. The molecule has 0 unspecified atom stereocenters. The van der Waals surface area contributed by atoms with E-state index in [1.165, 1.54) is 12.8 Å². The van der Waals surface area contributed by atoms with Gasteiger partial charge in [-0.25, -0.2) is 0 Å². The summed E-state index contributed by atoms with van der Waals surface area (Å²) >= 11 is 0. The standard InChI is InChI=1S/C13H25N3O/c1-2-16-9-6-11(7-10-16)15-13(17)12-5-3-4-8-14-12/h11-12,14H,2-10H2,1H3,(H,15,17)/t12-/m1/s1. The minimum Gasteiger partial charge on any atom is -0.352 e. The van der Waals surface area contributed by atoms with Crippen LogP contribution < -0.4 is 10.6 Å². The zero-order chi connectivity index (χ0) is 12.1. The predicted octanol–water partition coefficient (Wildman–Crippen LogP) is 0.729. The van der Waals surface area contributed by atoms with E-state index in [0.29, 0.717) is 6.04 Å². The Morgan fingerprint density at radius 1 is 1.29 bits per heavy atom. The third kappa shape index (κ3) is 3.68.